The van der Waals surface area contributed by atoms with Crippen LogP contribution < -0.4 is 4.90 Å². The first kappa shape index (κ1) is 13.2. The third-order valence-corrected chi connectivity index (χ3v) is 3.74. The van der Waals surface area contributed by atoms with Gasteiger partial charge < -0.3 is 10.0 Å². The molecule has 2 heterocycles. The SMILES string of the molecule is CC1CN(c2ncc(F)cc2CO)CC(C)N1C. The molecule has 1 saturated heterocycles. The Kier molecular flexibility index (Phi) is 3.82. The first-order chi connectivity index (χ1) is 8.52. The summed E-state index contributed by atoms with van der Waals surface area (Å²) < 4.78 is 13.1. The fourth-order valence-electron chi connectivity index (χ4n) is 2.45. The normalized spacial score (nSPS) is 25.5. The van der Waals surface area contributed by atoms with Crippen LogP contribution in [0.25, 0.3) is 0 Å². The van der Waals surface area contributed by atoms with Crippen LogP contribution in [0, 0.1) is 5.82 Å². The number of hydrogen-bond acceptors (Lipinski definition) is 4. The second kappa shape index (κ2) is 5.20. The number of likely N-dealkylation sites (N-methyl/N-ethyl adjacent to an activating group) is 1. The van der Waals surface area contributed by atoms with E-state index in [1.54, 1.807) is 0 Å². The summed E-state index contributed by atoms with van der Waals surface area (Å²) in [6.45, 7) is 5.81. The second-order valence-electron chi connectivity index (χ2n) is 5.06. The minimum Gasteiger partial charge on any atom is -0.392 e. The predicted octanol–water partition coefficient (Wildman–Crippen LogP) is 1.24. The zero-order valence-electron chi connectivity index (χ0n) is 11.1. The number of halogens is 1. The molecule has 5 heteroatoms. The Balaban J connectivity index is 2.26. The first-order valence-corrected chi connectivity index (χ1v) is 6.25. The minimum absolute atomic E-state index is 0.185. The fraction of sp³-hybridized carbons (Fsp3) is 0.615. The van der Waals surface area contributed by atoms with Crippen LogP contribution in [-0.4, -0.2) is 47.2 Å². The number of aliphatic hydroxyl groups excluding tert-OH is 1. The maximum Gasteiger partial charge on any atom is 0.142 e. The van der Waals surface area contributed by atoms with Gasteiger partial charge in [-0.15, -0.1) is 0 Å². The summed E-state index contributed by atoms with van der Waals surface area (Å²) in [7, 11) is 2.11. The van der Waals surface area contributed by atoms with E-state index in [9.17, 15) is 9.50 Å². The quantitative estimate of drug-likeness (QED) is 0.861. The Morgan fingerprint density at radius 3 is 2.56 bits per heavy atom. The van der Waals surface area contributed by atoms with Crippen molar-refractivity contribution in [1.29, 1.82) is 0 Å². The molecule has 2 rings (SSSR count). The van der Waals surface area contributed by atoms with Crippen LogP contribution in [0.3, 0.4) is 0 Å². The van der Waals surface area contributed by atoms with E-state index >= 15 is 0 Å². The highest BCUT2D eigenvalue weighted by Crippen LogP contribution is 2.23. The van der Waals surface area contributed by atoms with Crippen molar-refractivity contribution in [3.05, 3.63) is 23.6 Å². The summed E-state index contributed by atoms with van der Waals surface area (Å²) in [6.07, 6.45) is 1.21. The Labute approximate surface area is 107 Å². The molecule has 4 nitrogen and oxygen atoms in total. The summed E-state index contributed by atoms with van der Waals surface area (Å²) in [4.78, 5) is 8.58. The number of rotatable bonds is 2. The summed E-state index contributed by atoms with van der Waals surface area (Å²) in [5, 5.41) is 9.31. The first-order valence-electron chi connectivity index (χ1n) is 6.25. The molecule has 0 aromatic carbocycles. The highest BCUT2D eigenvalue weighted by Gasteiger charge is 2.28. The van der Waals surface area contributed by atoms with Crippen LogP contribution in [0.15, 0.2) is 12.3 Å². The standard InChI is InChI=1S/C13H20FN3O/c1-9-6-17(7-10(2)16(9)3)13-11(8-18)4-12(14)5-15-13/h4-5,9-10,18H,6-8H2,1-3H3. The zero-order chi connectivity index (χ0) is 13.3. The molecule has 1 N–H and O–H groups in total. The van der Waals surface area contributed by atoms with Gasteiger partial charge in [0.05, 0.1) is 12.8 Å². The maximum absolute atomic E-state index is 13.1. The molecule has 2 atom stereocenters. The predicted molar refractivity (Wildman–Crippen MR) is 69.0 cm³/mol. The van der Waals surface area contributed by atoms with Gasteiger partial charge in [0.15, 0.2) is 0 Å². The number of piperazine rings is 1. The monoisotopic (exact) mass is 253 g/mol. The van der Waals surface area contributed by atoms with Gasteiger partial charge in [0.25, 0.3) is 0 Å². The molecule has 1 aromatic rings. The van der Waals surface area contributed by atoms with Gasteiger partial charge in [0.1, 0.15) is 11.6 Å². The Bertz CT molecular complexity index is 415. The summed E-state index contributed by atoms with van der Waals surface area (Å²) in [5.41, 5.74) is 0.555. The van der Waals surface area contributed by atoms with Crippen LogP contribution in [0.1, 0.15) is 19.4 Å². The minimum atomic E-state index is -0.405. The van der Waals surface area contributed by atoms with Crippen molar-refractivity contribution in [2.24, 2.45) is 0 Å². The van der Waals surface area contributed by atoms with Gasteiger partial charge in [-0.1, -0.05) is 0 Å². The molecule has 100 valence electrons. The molecule has 1 aromatic heterocycles. The van der Waals surface area contributed by atoms with Crippen molar-refractivity contribution in [1.82, 2.24) is 9.88 Å². The van der Waals surface area contributed by atoms with E-state index in [1.165, 1.54) is 12.3 Å². The highest BCUT2D eigenvalue weighted by molar-refractivity contribution is 5.47. The molecule has 0 bridgehead atoms. The van der Waals surface area contributed by atoms with Crippen molar-refractivity contribution < 1.29 is 9.50 Å². The number of aromatic nitrogens is 1. The number of aliphatic hydroxyl groups is 1. The Morgan fingerprint density at radius 2 is 2.00 bits per heavy atom. The van der Waals surface area contributed by atoms with E-state index in [0.717, 1.165) is 13.1 Å². The van der Waals surface area contributed by atoms with Gasteiger partial charge in [-0.25, -0.2) is 9.37 Å². The maximum atomic E-state index is 13.1. The average molecular weight is 253 g/mol. The molecular formula is C13H20FN3O. The second-order valence-corrected chi connectivity index (χ2v) is 5.06. The number of nitrogens with zero attached hydrogens (tertiary/aromatic N) is 3. The highest BCUT2D eigenvalue weighted by atomic mass is 19.1. The lowest BCUT2D eigenvalue weighted by Crippen LogP contribution is -2.55. The lowest BCUT2D eigenvalue weighted by Gasteiger charge is -2.43. The molecule has 0 aliphatic carbocycles. The topological polar surface area (TPSA) is 39.6 Å². The van der Waals surface area contributed by atoms with Gasteiger partial charge in [0, 0.05) is 30.7 Å². The van der Waals surface area contributed by atoms with Crippen LogP contribution in [0.2, 0.25) is 0 Å². The van der Waals surface area contributed by atoms with E-state index in [4.69, 9.17) is 0 Å². The molecular weight excluding hydrogens is 233 g/mol. The molecule has 18 heavy (non-hydrogen) atoms. The molecule has 0 spiro atoms. The van der Waals surface area contributed by atoms with Crippen molar-refractivity contribution in [3.63, 3.8) is 0 Å². The zero-order valence-corrected chi connectivity index (χ0v) is 11.1. The summed E-state index contributed by atoms with van der Waals surface area (Å²) in [5.74, 6) is 0.295. The van der Waals surface area contributed by atoms with Gasteiger partial charge in [-0.05, 0) is 27.0 Å². The van der Waals surface area contributed by atoms with Crippen LogP contribution in [-0.2, 0) is 6.61 Å². The number of hydrogen-bond donors (Lipinski definition) is 1. The van der Waals surface area contributed by atoms with E-state index in [1.807, 2.05) is 0 Å². The molecule has 1 fully saturated rings. The smallest absolute Gasteiger partial charge is 0.142 e. The molecule has 2 unspecified atom stereocenters. The van der Waals surface area contributed by atoms with E-state index < -0.39 is 5.82 Å². The third-order valence-electron chi connectivity index (χ3n) is 3.74. The fourth-order valence-corrected chi connectivity index (χ4v) is 2.45. The summed E-state index contributed by atoms with van der Waals surface area (Å²) in [6, 6.07) is 2.18. The largest absolute Gasteiger partial charge is 0.392 e. The van der Waals surface area contributed by atoms with Gasteiger partial charge in [-0.2, -0.15) is 0 Å². The Morgan fingerprint density at radius 1 is 1.39 bits per heavy atom. The molecule has 0 amide bonds. The van der Waals surface area contributed by atoms with E-state index in [2.05, 4.69) is 35.7 Å². The number of pyridine rings is 1. The lowest BCUT2D eigenvalue weighted by atomic mass is 10.1. The summed E-state index contributed by atoms with van der Waals surface area (Å²) >= 11 is 0. The van der Waals surface area contributed by atoms with Crippen molar-refractivity contribution >= 4 is 5.82 Å². The molecule has 1 aliphatic heterocycles. The number of anilines is 1. The Hall–Kier alpha value is -1.20. The van der Waals surface area contributed by atoms with Crippen LogP contribution in [0.4, 0.5) is 10.2 Å². The van der Waals surface area contributed by atoms with E-state index in [0.29, 0.717) is 23.5 Å². The molecule has 1 aliphatic rings. The van der Waals surface area contributed by atoms with Gasteiger partial charge in [0.2, 0.25) is 0 Å². The van der Waals surface area contributed by atoms with Crippen molar-refractivity contribution in [2.45, 2.75) is 32.5 Å². The van der Waals surface area contributed by atoms with E-state index in [-0.39, 0.29) is 6.61 Å². The van der Waals surface area contributed by atoms with Crippen molar-refractivity contribution in [3.8, 4) is 0 Å². The van der Waals surface area contributed by atoms with Gasteiger partial charge >= 0.3 is 0 Å². The van der Waals surface area contributed by atoms with Crippen LogP contribution in [0.5, 0.6) is 0 Å². The van der Waals surface area contributed by atoms with Crippen molar-refractivity contribution in [2.75, 3.05) is 25.0 Å². The lowest BCUT2D eigenvalue weighted by molar-refractivity contribution is 0.169. The molecule has 0 radical (unpaired) electrons. The molecule has 0 saturated carbocycles. The van der Waals surface area contributed by atoms with Crippen LogP contribution >= 0.6 is 0 Å². The average Bonchev–Trinajstić information content (AvgIpc) is 2.35. The van der Waals surface area contributed by atoms with Gasteiger partial charge in [-0.3, -0.25) is 4.90 Å². The third kappa shape index (κ3) is 2.47.